The van der Waals surface area contributed by atoms with E-state index in [-0.39, 0.29) is 29.3 Å². The van der Waals surface area contributed by atoms with Gasteiger partial charge in [-0.05, 0) is 24.3 Å². The number of hydrogen-bond donors (Lipinski definition) is 1. The van der Waals surface area contributed by atoms with Gasteiger partial charge in [-0.1, -0.05) is 6.07 Å². The summed E-state index contributed by atoms with van der Waals surface area (Å²) in [6, 6.07) is 10.5. The van der Waals surface area contributed by atoms with Gasteiger partial charge in [0.25, 0.3) is 0 Å². The molecule has 0 atom stereocenters. The van der Waals surface area contributed by atoms with Crippen molar-refractivity contribution in [3.8, 4) is 17.2 Å². The molecule has 0 aliphatic rings. The van der Waals surface area contributed by atoms with E-state index in [0.29, 0.717) is 16.7 Å². The topological polar surface area (TPSA) is 95.2 Å². The van der Waals surface area contributed by atoms with Crippen molar-refractivity contribution < 1.29 is 28.5 Å². The first-order valence-electron chi connectivity index (χ1n) is 7.67. The molecule has 7 heteroatoms. The summed E-state index contributed by atoms with van der Waals surface area (Å²) in [6.45, 7) is -0.147. The van der Waals surface area contributed by atoms with Gasteiger partial charge in [-0.15, -0.1) is 0 Å². The molecule has 1 N–H and O–H groups in total. The standard InChI is InChI=1S/C19H16O7/c1-23-15-5-3-4-14(18(15)24-2)19(22)25-10-11-8-17(21)26-16-9-12(20)6-7-13(11)16/h3-9,20H,10H2,1-2H3. The largest absolute Gasteiger partial charge is 0.508 e. The molecule has 1 aromatic heterocycles. The van der Waals surface area contributed by atoms with Gasteiger partial charge in [0.1, 0.15) is 23.5 Å². The molecule has 0 saturated carbocycles. The van der Waals surface area contributed by atoms with Gasteiger partial charge >= 0.3 is 11.6 Å². The third kappa shape index (κ3) is 3.32. The monoisotopic (exact) mass is 356 g/mol. The number of phenolic OH excluding ortho intramolecular Hbond substituents is 1. The van der Waals surface area contributed by atoms with Crippen molar-refractivity contribution in [1.29, 1.82) is 0 Å². The second kappa shape index (κ2) is 7.18. The Hall–Kier alpha value is -3.48. The summed E-state index contributed by atoms with van der Waals surface area (Å²) < 4.78 is 20.8. The van der Waals surface area contributed by atoms with Gasteiger partial charge in [-0.25, -0.2) is 9.59 Å². The maximum atomic E-state index is 12.4. The van der Waals surface area contributed by atoms with Crippen molar-refractivity contribution in [2.45, 2.75) is 6.61 Å². The Morgan fingerprint density at radius 1 is 1.12 bits per heavy atom. The van der Waals surface area contributed by atoms with E-state index in [1.165, 1.54) is 32.4 Å². The lowest BCUT2D eigenvalue weighted by atomic mass is 10.1. The van der Waals surface area contributed by atoms with E-state index in [4.69, 9.17) is 18.6 Å². The molecule has 0 radical (unpaired) electrons. The number of carbonyl (C=O) groups is 1. The zero-order valence-corrected chi connectivity index (χ0v) is 14.1. The van der Waals surface area contributed by atoms with Gasteiger partial charge < -0.3 is 23.7 Å². The van der Waals surface area contributed by atoms with E-state index in [1.807, 2.05) is 0 Å². The van der Waals surface area contributed by atoms with E-state index in [2.05, 4.69) is 0 Å². The molecule has 7 nitrogen and oxygen atoms in total. The van der Waals surface area contributed by atoms with Crippen LogP contribution < -0.4 is 15.1 Å². The maximum Gasteiger partial charge on any atom is 0.342 e. The fraction of sp³-hybridized carbons (Fsp3) is 0.158. The Kier molecular flexibility index (Phi) is 4.79. The molecular weight excluding hydrogens is 340 g/mol. The van der Waals surface area contributed by atoms with Gasteiger partial charge in [-0.3, -0.25) is 0 Å². The molecule has 0 aliphatic carbocycles. The molecule has 3 rings (SSSR count). The third-order valence-corrected chi connectivity index (χ3v) is 3.80. The summed E-state index contributed by atoms with van der Waals surface area (Å²) in [5.41, 5.74) is 0.277. The van der Waals surface area contributed by atoms with E-state index in [9.17, 15) is 14.7 Å². The Labute approximate surface area is 148 Å². The molecule has 0 unspecified atom stereocenters. The van der Waals surface area contributed by atoms with Gasteiger partial charge in [0.15, 0.2) is 11.5 Å². The van der Waals surface area contributed by atoms with Gasteiger partial charge in [0, 0.05) is 23.1 Å². The van der Waals surface area contributed by atoms with Crippen molar-refractivity contribution >= 4 is 16.9 Å². The number of para-hydroxylation sites is 1. The highest BCUT2D eigenvalue weighted by molar-refractivity contribution is 5.93. The van der Waals surface area contributed by atoms with Crippen LogP contribution in [0.25, 0.3) is 11.0 Å². The second-order valence-corrected chi connectivity index (χ2v) is 5.39. The quantitative estimate of drug-likeness (QED) is 0.555. The van der Waals surface area contributed by atoms with E-state index in [0.717, 1.165) is 0 Å². The first kappa shape index (κ1) is 17.3. The number of benzene rings is 2. The van der Waals surface area contributed by atoms with E-state index >= 15 is 0 Å². The summed E-state index contributed by atoms with van der Waals surface area (Å²) in [4.78, 5) is 24.1. The lowest BCUT2D eigenvalue weighted by molar-refractivity contribution is 0.0469. The number of fused-ring (bicyclic) bond motifs is 1. The van der Waals surface area contributed by atoms with Gasteiger partial charge in [-0.2, -0.15) is 0 Å². The smallest absolute Gasteiger partial charge is 0.342 e. The summed E-state index contributed by atoms with van der Waals surface area (Å²) in [6.07, 6.45) is 0. The van der Waals surface area contributed by atoms with Crippen LogP contribution in [0.1, 0.15) is 15.9 Å². The van der Waals surface area contributed by atoms with Crippen LogP contribution in [-0.4, -0.2) is 25.3 Å². The fourth-order valence-electron chi connectivity index (χ4n) is 2.61. The molecular formula is C19H16O7. The van der Waals surface area contributed by atoms with Crippen molar-refractivity contribution in [3.63, 3.8) is 0 Å². The number of rotatable bonds is 5. The van der Waals surface area contributed by atoms with E-state index in [1.54, 1.807) is 24.3 Å². The van der Waals surface area contributed by atoms with Crippen LogP contribution in [0.3, 0.4) is 0 Å². The minimum Gasteiger partial charge on any atom is -0.508 e. The summed E-state index contributed by atoms with van der Waals surface area (Å²) in [5.74, 6) is 0.0161. The Bertz CT molecular complexity index is 1020. The minimum atomic E-state index is -0.624. The second-order valence-electron chi connectivity index (χ2n) is 5.39. The molecule has 26 heavy (non-hydrogen) atoms. The van der Waals surface area contributed by atoms with Crippen LogP contribution in [0.4, 0.5) is 0 Å². The molecule has 0 spiro atoms. The lowest BCUT2D eigenvalue weighted by Crippen LogP contribution is -2.09. The minimum absolute atomic E-state index is 0.0316. The Morgan fingerprint density at radius 3 is 2.65 bits per heavy atom. The van der Waals surface area contributed by atoms with Crippen molar-refractivity contribution in [3.05, 3.63) is 64.0 Å². The normalized spacial score (nSPS) is 10.5. The molecule has 1 heterocycles. The van der Waals surface area contributed by atoms with Gasteiger partial charge in [0.05, 0.1) is 14.2 Å². The van der Waals surface area contributed by atoms with Crippen LogP contribution in [0.15, 0.2) is 51.7 Å². The maximum absolute atomic E-state index is 12.4. The highest BCUT2D eigenvalue weighted by Crippen LogP contribution is 2.31. The molecule has 2 aromatic carbocycles. The fourth-order valence-corrected chi connectivity index (χ4v) is 2.61. The molecule has 0 fully saturated rings. The zero-order chi connectivity index (χ0) is 18.7. The highest BCUT2D eigenvalue weighted by atomic mass is 16.5. The molecule has 0 bridgehead atoms. The first-order valence-corrected chi connectivity index (χ1v) is 7.67. The first-order chi connectivity index (χ1) is 12.5. The Morgan fingerprint density at radius 2 is 1.92 bits per heavy atom. The number of ether oxygens (including phenoxy) is 3. The molecule has 134 valence electrons. The number of phenols is 1. The zero-order valence-electron chi connectivity index (χ0n) is 14.1. The lowest BCUT2D eigenvalue weighted by Gasteiger charge is -2.12. The van der Waals surface area contributed by atoms with Crippen molar-refractivity contribution in [1.82, 2.24) is 0 Å². The highest BCUT2D eigenvalue weighted by Gasteiger charge is 2.18. The summed E-state index contributed by atoms with van der Waals surface area (Å²) in [7, 11) is 2.90. The Balaban J connectivity index is 1.89. The third-order valence-electron chi connectivity index (χ3n) is 3.80. The molecule has 0 saturated heterocycles. The molecule has 3 aromatic rings. The van der Waals surface area contributed by atoms with Crippen LogP contribution in [0.2, 0.25) is 0 Å². The average molecular weight is 356 g/mol. The number of carbonyl (C=O) groups excluding carboxylic acids is 1. The molecule has 0 aliphatic heterocycles. The van der Waals surface area contributed by atoms with Gasteiger partial charge in [0.2, 0.25) is 0 Å². The van der Waals surface area contributed by atoms with Crippen molar-refractivity contribution in [2.24, 2.45) is 0 Å². The van der Waals surface area contributed by atoms with Crippen LogP contribution in [-0.2, 0) is 11.3 Å². The predicted molar refractivity (Wildman–Crippen MR) is 92.8 cm³/mol. The number of aromatic hydroxyl groups is 1. The van der Waals surface area contributed by atoms with Crippen LogP contribution >= 0.6 is 0 Å². The average Bonchev–Trinajstić information content (AvgIpc) is 2.64. The molecule has 0 amide bonds. The number of esters is 1. The predicted octanol–water partition coefficient (Wildman–Crippen LogP) is 2.87. The van der Waals surface area contributed by atoms with E-state index < -0.39 is 11.6 Å². The van der Waals surface area contributed by atoms with Crippen LogP contribution in [0.5, 0.6) is 17.2 Å². The SMILES string of the molecule is COc1cccc(C(=O)OCc2cc(=O)oc3cc(O)ccc23)c1OC. The number of methoxy groups -OCH3 is 2. The number of hydrogen-bond acceptors (Lipinski definition) is 7. The van der Waals surface area contributed by atoms with Crippen molar-refractivity contribution in [2.75, 3.05) is 14.2 Å². The van der Waals surface area contributed by atoms with Crippen LogP contribution in [0, 0.1) is 0 Å². The summed E-state index contributed by atoms with van der Waals surface area (Å²) in [5, 5.41) is 10.1. The summed E-state index contributed by atoms with van der Waals surface area (Å²) >= 11 is 0.